The van der Waals surface area contributed by atoms with E-state index in [-0.39, 0.29) is 12.0 Å². The van der Waals surface area contributed by atoms with Crippen molar-refractivity contribution in [1.29, 1.82) is 0 Å². The molecule has 6 nitrogen and oxygen atoms in total. The van der Waals surface area contributed by atoms with Crippen LogP contribution in [0.3, 0.4) is 0 Å². The van der Waals surface area contributed by atoms with Crippen LogP contribution in [0.25, 0.3) is 10.9 Å². The molecule has 3 aliphatic rings. The summed E-state index contributed by atoms with van der Waals surface area (Å²) in [5.41, 5.74) is 3.90. The van der Waals surface area contributed by atoms with E-state index in [1.54, 1.807) is 17.3 Å². The number of pyridine rings is 1. The van der Waals surface area contributed by atoms with Gasteiger partial charge < -0.3 is 9.69 Å². The van der Waals surface area contributed by atoms with Crippen molar-refractivity contribution < 1.29 is 18.0 Å². The molecule has 4 heterocycles. The number of fused-ring (bicyclic) bond motifs is 3. The van der Waals surface area contributed by atoms with Gasteiger partial charge >= 0.3 is 6.18 Å². The van der Waals surface area contributed by atoms with Crippen LogP contribution in [0.2, 0.25) is 0 Å². The third-order valence-corrected chi connectivity index (χ3v) is 8.64. The second kappa shape index (κ2) is 8.57. The number of aldehydes is 1. The maximum Gasteiger partial charge on any atom is 0.401 e. The number of H-pyrrole nitrogens is 1. The lowest BCUT2D eigenvalue weighted by atomic mass is 9.58. The molecule has 0 bridgehead atoms. The van der Waals surface area contributed by atoms with E-state index < -0.39 is 18.8 Å². The van der Waals surface area contributed by atoms with Gasteiger partial charge in [-0.05, 0) is 73.3 Å². The van der Waals surface area contributed by atoms with Gasteiger partial charge in [-0.15, -0.1) is 0 Å². The van der Waals surface area contributed by atoms with Crippen molar-refractivity contribution in [3.63, 3.8) is 0 Å². The molecular weight excluding hydrogens is 467 g/mol. The highest BCUT2D eigenvalue weighted by Crippen LogP contribution is 2.52. The monoisotopic (exact) mass is 497 g/mol. The Morgan fingerprint density at radius 1 is 1.14 bits per heavy atom. The second-order valence-corrected chi connectivity index (χ2v) is 10.9. The first kappa shape index (κ1) is 23.5. The summed E-state index contributed by atoms with van der Waals surface area (Å²) in [4.78, 5) is 19.5. The Hall–Kier alpha value is -2.94. The summed E-state index contributed by atoms with van der Waals surface area (Å²) < 4.78 is 40.9. The Morgan fingerprint density at radius 2 is 1.92 bits per heavy atom. The highest BCUT2D eigenvalue weighted by Gasteiger charge is 2.46. The minimum absolute atomic E-state index is 0.220. The summed E-state index contributed by atoms with van der Waals surface area (Å²) in [7, 11) is 0. The van der Waals surface area contributed by atoms with E-state index in [2.05, 4.69) is 15.1 Å². The number of rotatable bonds is 4. The molecule has 1 saturated heterocycles. The summed E-state index contributed by atoms with van der Waals surface area (Å²) in [6, 6.07) is 6.89. The second-order valence-electron chi connectivity index (χ2n) is 10.9. The number of alkyl halides is 3. The zero-order chi connectivity index (χ0) is 25.1. The third kappa shape index (κ3) is 4.07. The lowest BCUT2D eigenvalue weighted by molar-refractivity contribution is -0.155. The van der Waals surface area contributed by atoms with Crippen molar-refractivity contribution in [2.24, 2.45) is 11.3 Å². The molecule has 0 radical (unpaired) electrons. The molecule has 9 heteroatoms. The Bertz CT molecular complexity index is 1250. The number of hydrogen-bond acceptors (Lipinski definition) is 5. The van der Waals surface area contributed by atoms with E-state index in [1.165, 1.54) is 0 Å². The minimum Gasteiger partial charge on any atom is -0.357 e. The molecule has 1 aromatic carbocycles. The topological polar surface area (TPSA) is 65.1 Å². The van der Waals surface area contributed by atoms with Crippen LogP contribution < -0.4 is 4.90 Å². The molecule has 0 unspecified atom stereocenters. The molecule has 190 valence electrons. The van der Waals surface area contributed by atoms with E-state index in [9.17, 15) is 18.0 Å². The van der Waals surface area contributed by atoms with Crippen molar-refractivity contribution in [3.05, 3.63) is 53.3 Å². The molecule has 2 aromatic heterocycles. The molecule has 1 aliphatic carbocycles. The van der Waals surface area contributed by atoms with Crippen molar-refractivity contribution in [2.45, 2.75) is 57.3 Å². The molecule has 1 spiro atoms. The average molecular weight is 498 g/mol. The number of aromatic amines is 1. The van der Waals surface area contributed by atoms with Crippen LogP contribution >= 0.6 is 0 Å². The highest BCUT2D eigenvalue weighted by atomic mass is 19.4. The summed E-state index contributed by atoms with van der Waals surface area (Å²) in [5.74, 6) is 1.08. The van der Waals surface area contributed by atoms with Crippen LogP contribution in [0.4, 0.5) is 19.0 Å². The van der Waals surface area contributed by atoms with Gasteiger partial charge in [0.05, 0.1) is 24.3 Å². The molecule has 2 fully saturated rings. The van der Waals surface area contributed by atoms with E-state index in [1.807, 2.05) is 31.2 Å². The number of carbonyl (C=O) groups excluding carboxylic acids is 1. The maximum atomic E-state index is 13.6. The van der Waals surface area contributed by atoms with Crippen molar-refractivity contribution in [1.82, 2.24) is 20.1 Å². The summed E-state index contributed by atoms with van der Waals surface area (Å²) in [6.45, 7) is 2.67. The zero-order valence-electron chi connectivity index (χ0n) is 20.3. The van der Waals surface area contributed by atoms with Gasteiger partial charge in [0.25, 0.3) is 0 Å². The molecule has 2 atom stereocenters. The van der Waals surface area contributed by atoms with E-state index in [0.717, 1.165) is 78.5 Å². The fourth-order valence-corrected chi connectivity index (χ4v) is 6.76. The fraction of sp³-hybridized carbons (Fsp3) is 0.519. The van der Waals surface area contributed by atoms with Gasteiger partial charge in [-0.1, -0.05) is 12.1 Å². The third-order valence-electron chi connectivity index (χ3n) is 8.64. The average Bonchev–Trinajstić information content (AvgIpc) is 3.32. The smallest absolute Gasteiger partial charge is 0.357 e. The number of anilines is 1. The van der Waals surface area contributed by atoms with Gasteiger partial charge in [-0.3, -0.25) is 10.00 Å². The molecule has 3 aromatic rings. The lowest BCUT2D eigenvalue weighted by Crippen LogP contribution is -2.48. The number of nitrogens with zero attached hydrogens (tertiary/aromatic N) is 4. The molecule has 1 N–H and O–H groups in total. The maximum absolute atomic E-state index is 13.6. The lowest BCUT2D eigenvalue weighted by Gasteiger charge is -2.51. The number of aromatic nitrogens is 3. The van der Waals surface area contributed by atoms with Gasteiger partial charge in [0.1, 0.15) is 12.1 Å². The largest absolute Gasteiger partial charge is 0.401 e. The highest BCUT2D eigenvalue weighted by molar-refractivity contribution is 5.83. The first-order valence-corrected chi connectivity index (χ1v) is 12.7. The minimum atomic E-state index is -4.30. The quantitative estimate of drug-likeness (QED) is 0.511. The summed E-state index contributed by atoms with van der Waals surface area (Å²) in [6.07, 6.45) is 4.92. The number of benzene rings is 1. The van der Waals surface area contributed by atoms with Gasteiger partial charge in [0.2, 0.25) is 0 Å². The molecule has 6 rings (SSSR count). The molecule has 0 amide bonds. The van der Waals surface area contributed by atoms with Gasteiger partial charge in [-0.25, -0.2) is 4.98 Å². The van der Waals surface area contributed by atoms with Crippen LogP contribution in [0.5, 0.6) is 0 Å². The van der Waals surface area contributed by atoms with Crippen molar-refractivity contribution >= 4 is 23.0 Å². The van der Waals surface area contributed by atoms with Crippen LogP contribution in [-0.4, -0.2) is 58.2 Å². The number of carbonyl (C=O) groups is 1. The molecule has 2 aliphatic heterocycles. The van der Waals surface area contributed by atoms with Crippen LogP contribution in [-0.2, 0) is 11.2 Å². The van der Waals surface area contributed by atoms with Crippen LogP contribution in [0, 0.1) is 11.3 Å². The first-order chi connectivity index (χ1) is 17.3. The predicted octanol–water partition coefficient (Wildman–Crippen LogP) is 5.05. The summed E-state index contributed by atoms with van der Waals surface area (Å²) in [5, 5.41) is 8.09. The predicted molar refractivity (Wildman–Crippen MR) is 131 cm³/mol. The Morgan fingerprint density at radius 3 is 2.58 bits per heavy atom. The van der Waals surface area contributed by atoms with Crippen LogP contribution in [0.1, 0.15) is 55.3 Å². The van der Waals surface area contributed by atoms with Gasteiger partial charge in [0.15, 0.2) is 0 Å². The van der Waals surface area contributed by atoms with Crippen LogP contribution in [0.15, 0.2) is 36.7 Å². The molecular formula is C27H30F3N5O. The van der Waals surface area contributed by atoms with E-state index in [0.29, 0.717) is 11.8 Å². The normalized spacial score (nSPS) is 24.6. The number of hydrogen-bond donors (Lipinski definition) is 1. The van der Waals surface area contributed by atoms with Gasteiger partial charge in [-0.2, -0.15) is 18.3 Å². The Labute approximate surface area is 207 Å². The van der Waals surface area contributed by atoms with Crippen molar-refractivity contribution in [3.8, 4) is 0 Å². The SMILES string of the molecule is C[C@@H]1Cc2c(ccc3[nH]ncc23)[C@@H](c2ccc(N3CCC4(CC3)CC(C=O)C4)nc2)N1CC(F)(F)F. The molecule has 36 heavy (non-hydrogen) atoms. The van der Waals surface area contributed by atoms with E-state index in [4.69, 9.17) is 4.98 Å². The van der Waals surface area contributed by atoms with E-state index >= 15 is 0 Å². The van der Waals surface area contributed by atoms with Gasteiger partial charge in [0, 0.05) is 36.6 Å². The number of halogens is 3. The number of nitrogens with one attached hydrogen (secondary N) is 1. The van der Waals surface area contributed by atoms with Crippen molar-refractivity contribution in [2.75, 3.05) is 24.5 Å². The number of piperidine rings is 1. The fourth-order valence-electron chi connectivity index (χ4n) is 6.76. The Kier molecular flexibility index (Phi) is 5.59. The first-order valence-electron chi connectivity index (χ1n) is 12.7. The standard InChI is InChI=1S/C27H30F3N5O/c1-17-10-21-20(3-4-23-22(21)14-32-33-23)25(35(17)16-27(28,29)30)19-2-5-24(31-13-19)34-8-6-26(7-9-34)11-18(12-26)15-36/h2-5,13-15,17-18,25H,6-12,16H2,1H3,(H,32,33)/t17-,25-/m1/s1. The molecule has 1 saturated carbocycles. The summed E-state index contributed by atoms with van der Waals surface area (Å²) >= 11 is 0. The zero-order valence-corrected chi connectivity index (χ0v) is 20.3. The Balaban J connectivity index is 1.29.